The number of alkyl halides is 3. The molecule has 3 nitrogen and oxygen atoms in total. The van der Waals surface area contributed by atoms with Gasteiger partial charge in [-0.25, -0.2) is 0 Å². The standard InChI is InChI=1S/C37H47F3N2O/c1-24(2)25-13-15-28-26(21-25)14-16-30-33(3,17-10-18-34(28,30)4)23-41-32(43)31-27-11-6-7-12-29(27)35(5)19-8-9-20-36(35,42-31)22-37(38,39)40/h6-7,11-13,15,21,24,30H,8-10,14,16-20,22-23H2,1-5H3,(H,41,43)/t30-,33-,34+,35?,36?/m0/s1. The Kier molecular flexibility index (Phi) is 7.41. The number of carbonyl (C=O) groups excluding carboxylic acids is 1. The number of hydrogen-bond donors (Lipinski definition) is 1. The lowest BCUT2D eigenvalue weighted by molar-refractivity contribution is -0.156. The summed E-state index contributed by atoms with van der Waals surface area (Å²) in [4.78, 5) is 18.9. The minimum Gasteiger partial charge on any atom is -0.350 e. The van der Waals surface area contributed by atoms with Gasteiger partial charge >= 0.3 is 6.18 Å². The average molecular weight is 593 g/mol. The molecule has 2 fully saturated rings. The molecule has 2 aromatic rings. The van der Waals surface area contributed by atoms with Crippen LogP contribution in [0.25, 0.3) is 0 Å². The minimum atomic E-state index is -4.37. The Hall–Kier alpha value is -2.63. The first-order valence-corrected chi connectivity index (χ1v) is 16.4. The van der Waals surface area contributed by atoms with Gasteiger partial charge in [-0.1, -0.05) is 96.3 Å². The Morgan fingerprint density at radius 1 is 0.977 bits per heavy atom. The number of carbonyl (C=O) groups is 1. The molecule has 4 aliphatic rings. The molecule has 1 N–H and O–H groups in total. The third-order valence-corrected chi connectivity index (χ3v) is 12.2. The van der Waals surface area contributed by atoms with E-state index in [1.54, 1.807) is 0 Å². The van der Waals surface area contributed by atoms with E-state index in [9.17, 15) is 18.0 Å². The number of benzene rings is 2. The molecule has 0 aromatic heterocycles. The van der Waals surface area contributed by atoms with E-state index in [0.29, 0.717) is 43.2 Å². The van der Waals surface area contributed by atoms with Gasteiger partial charge in [0.2, 0.25) is 0 Å². The number of aryl methyl sites for hydroxylation is 1. The molecule has 2 unspecified atom stereocenters. The van der Waals surface area contributed by atoms with Gasteiger partial charge in [0, 0.05) is 17.5 Å². The summed E-state index contributed by atoms with van der Waals surface area (Å²) in [5, 5.41) is 3.24. The second-order valence-corrected chi connectivity index (χ2v) is 15.1. The first-order valence-electron chi connectivity index (χ1n) is 16.4. The van der Waals surface area contributed by atoms with E-state index < -0.39 is 23.6 Å². The van der Waals surface area contributed by atoms with Crippen molar-refractivity contribution in [1.29, 1.82) is 0 Å². The summed E-state index contributed by atoms with van der Waals surface area (Å²) in [6.45, 7) is 11.6. The number of rotatable bonds is 5. The number of nitrogens with zero attached hydrogens (tertiary/aromatic N) is 1. The van der Waals surface area contributed by atoms with Crippen molar-refractivity contribution in [2.75, 3.05) is 6.54 Å². The second-order valence-electron chi connectivity index (χ2n) is 15.1. The van der Waals surface area contributed by atoms with Gasteiger partial charge in [-0.15, -0.1) is 0 Å². The molecule has 1 heterocycles. The van der Waals surface area contributed by atoms with Gasteiger partial charge in [0.1, 0.15) is 5.71 Å². The molecule has 6 rings (SSSR count). The zero-order chi connectivity index (χ0) is 30.8. The monoisotopic (exact) mass is 592 g/mol. The summed E-state index contributed by atoms with van der Waals surface area (Å²) in [6, 6.07) is 14.6. The lowest BCUT2D eigenvalue weighted by Crippen LogP contribution is -2.58. The fourth-order valence-corrected chi connectivity index (χ4v) is 9.82. The van der Waals surface area contributed by atoms with Gasteiger partial charge in [-0.2, -0.15) is 13.2 Å². The smallest absolute Gasteiger partial charge is 0.350 e. The molecule has 43 heavy (non-hydrogen) atoms. The number of hydrogen-bond acceptors (Lipinski definition) is 2. The lowest BCUT2D eigenvalue weighted by atomic mass is 9.49. The first-order chi connectivity index (χ1) is 20.2. The molecule has 2 aromatic carbocycles. The third kappa shape index (κ3) is 4.95. The predicted octanol–water partition coefficient (Wildman–Crippen LogP) is 8.96. The molecule has 1 aliphatic heterocycles. The van der Waals surface area contributed by atoms with Crippen LogP contribution in [0.4, 0.5) is 13.2 Å². The molecular weight excluding hydrogens is 545 g/mol. The van der Waals surface area contributed by atoms with Crippen LogP contribution in [0.5, 0.6) is 0 Å². The summed E-state index contributed by atoms with van der Waals surface area (Å²) in [6.07, 6.45) is 2.50. The number of halogens is 3. The zero-order valence-corrected chi connectivity index (χ0v) is 26.5. The van der Waals surface area contributed by atoms with Crippen molar-refractivity contribution in [1.82, 2.24) is 5.32 Å². The molecule has 232 valence electrons. The van der Waals surface area contributed by atoms with Crippen LogP contribution in [0.15, 0.2) is 47.5 Å². The van der Waals surface area contributed by atoms with E-state index in [4.69, 9.17) is 4.99 Å². The Morgan fingerprint density at radius 3 is 2.47 bits per heavy atom. The van der Waals surface area contributed by atoms with Crippen LogP contribution in [0.1, 0.15) is 126 Å². The fraction of sp³-hybridized carbons (Fsp3) is 0.622. The van der Waals surface area contributed by atoms with E-state index in [0.717, 1.165) is 44.1 Å². The molecule has 2 saturated carbocycles. The van der Waals surface area contributed by atoms with Crippen molar-refractivity contribution >= 4 is 11.6 Å². The van der Waals surface area contributed by atoms with Gasteiger partial charge in [0.15, 0.2) is 0 Å². The van der Waals surface area contributed by atoms with Crippen LogP contribution >= 0.6 is 0 Å². The fourth-order valence-electron chi connectivity index (χ4n) is 9.82. The molecule has 5 atom stereocenters. The maximum atomic E-state index is 14.1. The largest absolute Gasteiger partial charge is 0.391 e. The Labute approximate surface area is 255 Å². The minimum absolute atomic E-state index is 0.0381. The SMILES string of the molecule is CC(C)c1ccc2c(c1)CC[C@H]1[C@](C)(CNC(=O)C3=NC4(CC(F)(F)F)CCCCC4(C)c4ccccc43)CCC[C@]21C. The van der Waals surface area contributed by atoms with Crippen LogP contribution < -0.4 is 5.32 Å². The second kappa shape index (κ2) is 10.5. The first kappa shape index (κ1) is 30.4. The summed E-state index contributed by atoms with van der Waals surface area (Å²) in [7, 11) is 0. The van der Waals surface area contributed by atoms with Crippen molar-refractivity contribution in [3.63, 3.8) is 0 Å². The maximum Gasteiger partial charge on any atom is 0.391 e. The Morgan fingerprint density at radius 2 is 1.72 bits per heavy atom. The van der Waals surface area contributed by atoms with E-state index in [1.165, 1.54) is 16.7 Å². The Balaban J connectivity index is 1.30. The summed E-state index contributed by atoms with van der Waals surface area (Å²) >= 11 is 0. The van der Waals surface area contributed by atoms with Crippen LogP contribution in [0.3, 0.4) is 0 Å². The van der Waals surface area contributed by atoms with E-state index in [2.05, 4.69) is 51.2 Å². The molecule has 0 spiro atoms. The lowest BCUT2D eigenvalue weighted by Gasteiger charge is -2.56. The van der Waals surface area contributed by atoms with E-state index in [1.807, 2.05) is 31.2 Å². The molecule has 1 amide bonds. The van der Waals surface area contributed by atoms with Crippen LogP contribution in [0.2, 0.25) is 0 Å². The molecule has 0 radical (unpaired) electrons. The molecule has 0 saturated heterocycles. The number of aliphatic imine (C=N–C) groups is 1. The van der Waals surface area contributed by atoms with Crippen molar-refractivity contribution in [2.45, 2.75) is 127 Å². The molecule has 6 heteroatoms. The van der Waals surface area contributed by atoms with E-state index in [-0.39, 0.29) is 22.4 Å². The highest BCUT2D eigenvalue weighted by atomic mass is 19.4. The maximum absolute atomic E-state index is 14.1. The normalized spacial score (nSPS) is 33.5. The predicted molar refractivity (Wildman–Crippen MR) is 167 cm³/mol. The van der Waals surface area contributed by atoms with Gasteiger partial charge in [-0.3, -0.25) is 9.79 Å². The summed E-state index contributed by atoms with van der Waals surface area (Å²) in [5.41, 5.74) is 3.81. The highest BCUT2D eigenvalue weighted by Gasteiger charge is 2.59. The third-order valence-electron chi connectivity index (χ3n) is 12.2. The van der Waals surface area contributed by atoms with Crippen molar-refractivity contribution in [2.24, 2.45) is 16.3 Å². The molecular formula is C37H47F3N2O. The quantitative estimate of drug-likeness (QED) is 0.370. The van der Waals surface area contributed by atoms with Gasteiger partial charge in [0.25, 0.3) is 5.91 Å². The number of fused-ring (bicyclic) bond motifs is 6. The van der Waals surface area contributed by atoms with Crippen molar-refractivity contribution < 1.29 is 18.0 Å². The molecule has 0 bridgehead atoms. The summed E-state index contributed by atoms with van der Waals surface area (Å²) < 4.78 is 42.3. The van der Waals surface area contributed by atoms with Crippen LogP contribution in [-0.2, 0) is 22.0 Å². The number of amides is 1. The van der Waals surface area contributed by atoms with Crippen LogP contribution in [0, 0.1) is 11.3 Å². The van der Waals surface area contributed by atoms with E-state index >= 15 is 0 Å². The number of nitrogens with one attached hydrogen (secondary N) is 1. The highest BCUT2D eigenvalue weighted by Crippen LogP contribution is 2.58. The topological polar surface area (TPSA) is 41.5 Å². The van der Waals surface area contributed by atoms with Gasteiger partial charge in [-0.05, 0) is 83.4 Å². The Bertz CT molecular complexity index is 1450. The van der Waals surface area contributed by atoms with Gasteiger partial charge < -0.3 is 5.32 Å². The van der Waals surface area contributed by atoms with Crippen molar-refractivity contribution in [3.8, 4) is 0 Å². The zero-order valence-electron chi connectivity index (χ0n) is 26.5. The average Bonchev–Trinajstić information content (AvgIpc) is 2.95. The van der Waals surface area contributed by atoms with Crippen LogP contribution in [-0.4, -0.2) is 29.9 Å². The highest BCUT2D eigenvalue weighted by molar-refractivity contribution is 6.46. The summed E-state index contributed by atoms with van der Waals surface area (Å²) in [5.74, 6) is 0.565. The molecule has 3 aliphatic carbocycles. The van der Waals surface area contributed by atoms with Crippen molar-refractivity contribution in [3.05, 3.63) is 70.3 Å². The van der Waals surface area contributed by atoms with Gasteiger partial charge in [0.05, 0.1) is 12.0 Å².